The first kappa shape index (κ1) is 16.3. The summed E-state index contributed by atoms with van der Waals surface area (Å²) in [6, 6.07) is 27.8. The second-order valence-electron chi connectivity index (χ2n) is 6.47. The highest BCUT2D eigenvalue weighted by Gasteiger charge is 2.11. The van der Waals surface area contributed by atoms with Crippen molar-refractivity contribution < 1.29 is 0 Å². The molecule has 0 saturated carbocycles. The molecule has 2 aliphatic heterocycles. The number of aryl methyl sites for hydroxylation is 1. The molecule has 1 nitrogen and oxygen atoms in total. The summed E-state index contributed by atoms with van der Waals surface area (Å²) >= 11 is 0. The minimum atomic E-state index is 0.669. The lowest BCUT2D eigenvalue weighted by atomic mass is 9.90. The van der Waals surface area contributed by atoms with E-state index >= 15 is 0 Å². The van der Waals surface area contributed by atoms with Crippen LogP contribution in [0.15, 0.2) is 96.0 Å². The quantitative estimate of drug-likeness (QED) is 0.549. The maximum atomic E-state index is 4.59. The molecule has 1 heteroatoms. The van der Waals surface area contributed by atoms with Crippen molar-refractivity contribution in [2.75, 3.05) is 6.54 Å². The highest BCUT2D eigenvalue weighted by Crippen LogP contribution is 2.30. The van der Waals surface area contributed by atoms with Crippen molar-refractivity contribution in [3.8, 4) is 0 Å². The van der Waals surface area contributed by atoms with E-state index in [9.17, 15) is 0 Å². The maximum Gasteiger partial charge on any atom is 0.0579 e. The molecule has 0 N–H and O–H groups in total. The van der Waals surface area contributed by atoms with Gasteiger partial charge < -0.3 is 0 Å². The van der Waals surface area contributed by atoms with Crippen LogP contribution in [0.4, 0.5) is 0 Å². The van der Waals surface area contributed by atoms with Gasteiger partial charge in [-0.2, -0.15) is 0 Å². The monoisotopic (exact) mass is 335 g/mol. The minimum Gasteiger partial charge on any atom is -0.289 e. The van der Waals surface area contributed by atoms with E-state index in [0.29, 0.717) is 6.54 Å². The highest BCUT2D eigenvalue weighted by atomic mass is 14.7. The van der Waals surface area contributed by atoms with Gasteiger partial charge in [-0.25, -0.2) is 0 Å². The zero-order valence-corrected chi connectivity index (χ0v) is 14.9. The molecule has 3 aromatic carbocycles. The van der Waals surface area contributed by atoms with E-state index in [2.05, 4.69) is 103 Å². The van der Waals surface area contributed by atoms with E-state index in [0.717, 1.165) is 0 Å². The smallest absolute Gasteiger partial charge is 0.0579 e. The molecule has 0 saturated heterocycles. The number of rotatable bonds is 2. The zero-order valence-electron chi connectivity index (χ0n) is 14.9. The van der Waals surface area contributed by atoms with Crippen molar-refractivity contribution in [2.24, 2.45) is 4.99 Å². The Kier molecular flexibility index (Phi) is 4.61. The number of aliphatic imine (C=N–C) groups is 1. The molecule has 126 valence electrons. The molecule has 0 atom stereocenters. The number of benzene rings is 3. The molecule has 3 aromatic rings. The molecule has 2 heterocycles. The predicted octanol–water partition coefficient (Wildman–Crippen LogP) is 5.94. The minimum absolute atomic E-state index is 0.669. The number of fused-ring (bicyclic) bond motifs is 5. The van der Waals surface area contributed by atoms with Crippen LogP contribution in [-0.2, 0) is 0 Å². The van der Waals surface area contributed by atoms with Gasteiger partial charge in [-0.05, 0) is 52.0 Å². The van der Waals surface area contributed by atoms with Crippen LogP contribution in [0.5, 0.6) is 0 Å². The van der Waals surface area contributed by atoms with E-state index in [1.54, 1.807) is 0 Å². The molecule has 0 unspecified atom stereocenters. The van der Waals surface area contributed by atoms with Gasteiger partial charge in [0, 0.05) is 6.21 Å². The lowest BCUT2D eigenvalue weighted by Gasteiger charge is -2.14. The number of hydrogen-bond acceptors (Lipinski definition) is 1. The average Bonchev–Trinajstić information content (AvgIpc) is 2.75. The third kappa shape index (κ3) is 3.29. The van der Waals surface area contributed by atoms with Gasteiger partial charge in [0.15, 0.2) is 0 Å². The van der Waals surface area contributed by atoms with E-state index in [-0.39, 0.29) is 0 Å². The van der Waals surface area contributed by atoms with Gasteiger partial charge in [0.05, 0.1) is 6.54 Å². The van der Waals surface area contributed by atoms with Gasteiger partial charge in [0.2, 0.25) is 0 Å². The summed E-state index contributed by atoms with van der Waals surface area (Å²) in [5.74, 6) is 0. The molecule has 0 amide bonds. The standard InChI is InChI=1S/C25H21N/c1-19-18-22-12-13-23(19)25(21-10-6-3-7-11-21)15-17-26-16-14-24(22)20-8-4-2-5-9-20/h2-15,17-18H,16H2,1H3/b24-14-,25-15-,26-17?. The van der Waals surface area contributed by atoms with Crippen LogP contribution in [0.2, 0.25) is 0 Å². The Morgan fingerprint density at radius 3 is 2.00 bits per heavy atom. The van der Waals surface area contributed by atoms with Gasteiger partial charge in [-0.1, -0.05) is 84.9 Å². The number of nitrogens with zero attached hydrogens (tertiary/aromatic N) is 1. The van der Waals surface area contributed by atoms with Gasteiger partial charge >= 0.3 is 0 Å². The van der Waals surface area contributed by atoms with Gasteiger partial charge in [0.1, 0.15) is 0 Å². The molecular weight excluding hydrogens is 314 g/mol. The fraction of sp³-hybridized carbons (Fsp3) is 0.0800. The lowest BCUT2D eigenvalue weighted by molar-refractivity contribution is 1.26. The van der Waals surface area contributed by atoms with Crippen LogP contribution in [-0.4, -0.2) is 12.8 Å². The predicted molar refractivity (Wildman–Crippen MR) is 112 cm³/mol. The van der Waals surface area contributed by atoms with Crippen LogP contribution < -0.4 is 0 Å². The Morgan fingerprint density at radius 1 is 0.692 bits per heavy atom. The highest BCUT2D eigenvalue weighted by molar-refractivity contribution is 5.93. The molecule has 0 spiro atoms. The first-order chi connectivity index (χ1) is 12.8. The number of allylic oxidation sites excluding steroid dienone is 1. The SMILES string of the molecule is Cc1cc2ccc1/C(c1ccccc1)=C\C=NC/C=C\2c1ccccc1. The normalized spacial score (nSPS) is 17.7. The Hall–Kier alpha value is -3.19. The molecule has 2 aliphatic rings. The van der Waals surface area contributed by atoms with Crippen LogP contribution >= 0.6 is 0 Å². The van der Waals surface area contributed by atoms with E-state index < -0.39 is 0 Å². The van der Waals surface area contributed by atoms with Gasteiger partial charge in [-0.15, -0.1) is 0 Å². The molecule has 5 rings (SSSR count). The van der Waals surface area contributed by atoms with E-state index in [4.69, 9.17) is 0 Å². The molecular formula is C25H21N. The second kappa shape index (κ2) is 7.37. The van der Waals surface area contributed by atoms with Crippen molar-refractivity contribution in [1.29, 1.82) is 0 Å². The van der Waals surface area contributed by atoms with Crippen molar-refractivity contribution >= 4 is 17.4 Å². The van der Waals surface area contributed by atoms with Crippen LogP contribution in [0.1, 0.15) is 27.8 Å². The summed E-state index contributed by atoms with van der Waals surface area (Å²) in [6.07, 6.45) is 6.26. The fourth-order valence-electron chi connectivity index (χ4n) is 3.44. The van der Waals surface area contributed by atoms with Crippen molar-refractivity contribution in [3.05, 3.63) is 119 Å². The molecule has 0 radical (unpaired) electrons. The summed E-state index contributed by atoms with van der Waals surface area (Å²) in [5, 5.41) is 0. The van der Waals surface area contributed by atoms with E-state index in [1.807, 2.05) is 6.21 Å². The average molecular weight is 335 g/mol. The summed E-state index contributed by atoms with van der Waals surface area (Å²) in [5.41, 5.74) is 8.65. The first-order valence-corrected chi connectivity index (χ1v) is 8.95. The first-order valence-electron chi connectivity index (χ1n) is 8.95. The third-order valence-corrected chi connectivity index (χ3v) is 4.74. The van der Waals surface area contributed by atoms with Crippen molar-refractivity contribution in [2.45, 2.75) is 6.92 Å². The van der Waals surface area contributed by atoms with Crippen LogP contribution in [0.25, 0.3) is 11.1 Å². The summed E-state index contributed by atoms with van der Waals surface area (Å²) < 4.78 is 0. The Morgan fingerprint density at radius 2 is 1.35 bits per heavy atom. The molecule has 26 heavy (non-hydrogen) atoms. The Balaban J connectivity index is 1.86. The van der Waals surface area contributed by atoms with Crippen molar-refractivity contribution in [1.82, 2.24) is 0 Å². The van der Waals surface area contributed by atoms with Gasteiger partial charge in [-0.3, -0.25) is 4.99 Å². The largest absolute Gasteiger partial charge is 0.289 e. The maximum absolute atomic E-state index is 4.59. The lowest BCUT2D eigenvalue weighted by Crippen LogP contribution is -1.95. The zero-order chi connectivity index (χ0) is 17.8. The summed E-state index contributed by atoms with van der Waals surface area (Å²) in [7, 11) is 0. The summed E-state index contributed by atoms with van der Waals surface area (Å²) in [6.45, 7) is 2.86. The molecule has 2 bridgehead atoms. The third-order valence-electron chi connectivity index (χ3n) is 4.74. The molecule has 0 fully saturated rings. The van der Waals surface area contributed by atoms with Crippen LogP contribution in [0.3, 0.4) is 0 Å². The molecule has 0 aliphatic carbocycles. The Labute approximate surface area is 155 Å². The molecule has 0 aromatic heterocycles. The number of hydrogen-bond donors (Lipinski definition) is 0. The van der Waals surface area contributed by atoms with Gasteiger partial charge in [0.25, 0.3) is 0 Å². The van der Waals surface area contributed by atoms with Crippen molar-refractivity contribution in [3.63, 3.8) is 0 Å². The summed E-state index contributed by atoms with van der Waals surface area (Å²) in [4.78, 5) is 4.59. The van der Waals surface area contributed by atoms with Crippen LogP contribution in [0, 0.1) is 6.92 Å². The second-order valence-corrected chi connectivity index (χ2v) is 6.47. The fourth-order valence-corrected chi connectivity index (χ4v) is 3.44. The Bertz CT molecular complexity index is 993. The topological polar surface area (TPSA) is 12.4 Å². The van der Waals surface area contributed by atoms with E-state index in [1.165, 1.54) is 39.0 Å².